The van der Waals surface area contributed by atoms with Crippen molar-refractivity contribution in [3.05, 3.63) is 251 Å². The van der Waals surface area contributed by atoms with Gasteiger partial charge in [0.2, 0.25) is 5.91 Å². The Balaban J connectivity index is 0.999. The summed E-state index contributed by atoms with van der Waals surface area (Å²) in [5, 5.41) is 5.06. The second-order valence-electron chi connectivity index (χ2n) is 23.7. The first kappa shape index (κ1) is 69.1. The second kappa shape index (κ2) is 34.6. The van der Waals surface area contributed by atoms with Crippen LogP contribution in [0.25, 0.3) is 0 Å². The number of amides is 2. The highest BCUT2D eigenvalue weighted by molar-refractivity contribution is 5.81. The minimum absolute atomic E-state index is 0.00516. The van der Waals surface area contributed by atoms with Crippen molar-refractivity contribution in [1.29, 1.82) is 0 Å². The predicted octanol–water partition coefficient (Wildman–Crippen LogP) is 10.8. The van der Waals surface area contributed by atoms with Crippen LogP contribution in [-0.2, 0) is 116 Å². The summed E-state index contributed by atoms with van der Waals surface area (Å²) in [4.78, 5) is 25.7. The largest absolute Gasteiger partial charge is 0.471 e. The highest BCUT2D eigenvalue weighted by Gasteiger charge is 2.58. The summed E-state index contributed by atoms with van der Waals surface area (Å²) < 4.78 is 138. The van der Waals surface area contributed by atoms with E-state index in [1.54, 1.807) is 0 Å². The predicted molar refractivity (Wildman–Crippen MR) is 340 cm³/mol. The molecule has 0 unspecified atom stereocenters. The molecule has 95 heavy (non-hydrogen) atoms. The fourth-order valence-electron chi connectivity index (χ4n) is 12.0. The number of ether oxygens (including phenoxy) is 14. The summed E-state index contributed by atoms with van der Waals surface area (Å²) in [5.41, 5.74) is 5.83. The Labute approximate surface area is 551 Å². The maximum atomic E-state index is 13.7. The summed E-state index contributed by atoms with van der Waals surface area (Å²) >= 11 is 0. The number of carbonyl (C=O) groups is 2. The first-order chi connectivity index (χ1) is 46.4. The normalized spacial score (nSPS) is 27.6. The molecule has 21 heteroatoms. The third-order valence-corrected chi connectivity index (χ3v) is 16.6. The van der Waals surface area contributed by atoms with Crippen LogP contribution in [0.5, 0.6) is 0 Å². The third kappa shape index (κ3) is 19.5. The van der Waals surface area contributed by atoms with E-state index in [0.29, 0.717) is 0 Å². The summed E-state index contributed by atoms with van der Waals surface area (Å²) in [6, 6.07) is 66.1. The van der Waals surface area contributed by atoms with Gasteiger partial charge in [0, 0.05) is 19.0 Å². The molecular weight excluding hydrogens is 1230 g/mol. The van der Waals surface area contributed by atoms with E-state index < -0.39 is 116 Å². The number of rotatable bonds is 30. The molecule has 11 rings (SSSR count). The SMILES string of the molecule is CC(=O)N[C@@H]1[C@H](O[C@H]2[C@H](OCc3ccccc3)[C@@H](OCc3ccccc3)[C@@H](O[C@H]3[C@H](OCCCNC(=O)C(F)(F)F)O[C@@H](C)[C@H](OCc4ccccc4)[C@H]3OCc3ccccc3)O[C@@H]2COCc2ccccc2)O[C@@H]2CO[C@@H](c3ccccc3)O[C@H]2[C@@H]1OCc1ccccc1. The van der Waals surface area contributed by atoms with Gasteiger partial charge in [0.15, 0.2) is 25.2 Å². The third-order valence-electron chi connectivity index (χ3n) is 16.6. The lowest BCUT2D eigenvalue weighted by Crippen LogP contribution is -2.70. The van der Waals surface area contributed by atoms with E-state index in [1.165, 1.54) is 6.92 Å². The van der Waals surface area contributed by atoms with Gasteiger partial charge in [0.25, 0.3) is 0 Å². The van der Waals surface area contributed by atoms with E-state index in [-0.39, 0.29) is 72.4 Å². The van der Waals surface area contributed by atoms with Gasteiger partial charge in [-0.1, -0.05) is 212 Å². The summed E-state index contributed by atoms with van der Waals surface area (Å²) in [6.45, 7) is 3.12. The molecule has 4 saturated heterocycles. The molecule has 4 aliphatic rings. The van der Waals surface area contributed by atoms with E-state index >= 15 is 0 Å². The van der Waals surface area contributed by atoms with Crippen LogP contribution >= 0.6 is 0 Å². The van der Waals surface area contributed by atoms with Crippen molar-refractivity contribution in [3.8, 4) is 0 Å². The molecule has 0 saturated carbocycles. The Morgan fingerprint density at radius 2 is 0.916 bits per heavy atom. The quantitative estimate of drug-likeness (QED) is 0.0405. The monoisotopic (exact) mass is 1310 g/mol. The van der Waals surface area contributed by atoms with Gasteiger partial charge < -0.3 is 76.9 Å². The number of nitrogens with one attached hydrogen (secondary N) is 2. The van der Waals surface area contributed by atoms with Crippen LogP contribution in [0, 0.1) is 0 Å². The number of hydrogen-bond acceptors (Lipinski definition) is 16. The van der Waals surface area contributed by atoms with Crippen molar-refractivity contribution >= 4 is 11.8 Å². The van der Waals surface area contributed by atoms with Crippen LogP contribution in [0.4, 0.5) is 13.2 Å². The average molecular weight is 1310 g/mol. The van der Waals surface area contributed by atoms with Gasteiger partial charge in [-0.2, -0.15) is 13.2 Å². The van der Waals surface area contributed by atoms with Crippen molar-refractivity contribution in [2.45, 2.75) is 164 Å². The highest BCUT2D eigenvalue weighted by atomic mass is 19.4. The molecule has 4 heterocycles. The molecule has 4 fully saturated rings. The molecule has 16 atom stereocenters. The lowest BCUT2D eigenvalue weighted by Gasteiger charge is -2.52. The van der Waals surface area contributed by atoms with Crippen molar-refractivity contribution in [1.82, 2.24) is 10.6 Å². The van der Waals surface area contributed by atoms with Crippen LogP contribution in [0.15, 0.2) is 212 Å². The minimum atomic E-state index is -5.08. The zero-order valence-corrected chi connectivity index (χ0v) is 52.9. The lowest BCUT2D eigenvalue weighted by atomic mass is 9.93. The number of hydrogen-bond donors (Lipinski definition) is 2. The maximum Gasteiger partial charge on any atom is 0.471 e. The lowest BCUT2D eigenvalue weighted by molar-refractivity contribution is -0.397. The Morgan fingerprint density at radius 3 is 1.41 bits per heavy atom. The van der Waals surface area contributed by atoms with Gasteiger partial charge in [-0.25, -0.2) is 0 Å². The fourth-order valence-corrected chi connectivity index (χ4v) is 12.0. The van der Waals surface area contributed by atoms with E-state index in [9.17, 15) is 22.8 Å². The Hall–Kier alpha value is -7.29. The summed E-state index contributed by atoms with van der Waals surface area (Å²) in [6.07, 6.45) is -21.0. The number of halogens is 3. The average Bonchev–Trinajstić information content (AvgIpc) is 0.814. The van der Waals surface area contributed by atoms with Crippen LogP contribution in [-0.4, -0.2) is 136 Å². The second-order valence-corrected chi connectivity index (χ2v) is 23.7. The van der Waals surface area contributed by atoms with E-state index in [0.717, 1.165) is 38.9 Å². The molecule has 0 radical (unpaired) electrons. The topological polar surface area (TPSA) is 187 Å². The molecule has 18 nitrogen and oxygen atoms in total. The number of carbonyl (C=O) groups excluding carboxylic acids is 2. The molecule has 2 N–H and O–H groups in total. The summed E-state index contributed by atoms with van der Waals surface area (Å²) in [7, 11) is 0. The van der Waals surface area contributed by atoms with Crippen molar-refractivity contribution < 1.29 is 89.1 Å². The zero-order valence-electron chi connectivity index (χ0n) is 52.9. The molecule has 7 aromatic rings. The molecule has 7 aromatic carbocycles. The van der Waals surface area contributed by atoms with E-state index in [1.807, 2.05) is 225 Å². The molecular formula is C74H81F3N2O16. The first-order valence-electron chi connectivity index (χ1n) is 32.1. The Bertz CT molecular complexity index is 3380. The van der Waals surface area contributed by atoms with Gasteiger partial charge in [0.1, 0.15) is 67.1 Å². The molecule has 0 aromatic heterocycles. The van der Waals surface area contributed by atoms with Gasteiger partial charge in [-0.3, -0.25) is 9.59 Å². The smallest absolute Gasteiger partial charge is 0.374 e. The zero-order chi connectivity index (χ0) is 65.8. The molecule has 0 bridgehead atoms. The van der Waals surface area contributed by atoms with Crippen molar-refractivity contribution in [2.24, 2.45) is 0 Å². The molecule has 504 valence electrons. The summed E-state index contributed by atoms with van der Waals surface area (Å²) in [5.74, 6) is -2.47. The maximum absolute atomic E-state index is 13.7. The Kier molecular flexibility index (Phi) is 25.1. The van der Waals surface area contributed by atoms with E-state index in [4.69, 9.17) is 66.3 Å². The van der Waals surface area contributed by atoms with Crippen LogP contribution in [0.3, 0.4) is 0 Å². The van der Waals surface area contributed by atoms with Crippen molar-refractivity contribution in [2.75, 3.05) is 26.4 Å². The molecule has 0 aliphatic carbocycles. The molecule has 4 aliphatic heterocycles. The first-order valence-corrected chi connectivity index (χ1v) is 32.1. The van der Waals surface area contributed by atoms with Crippen LogP contribution < -0.4 is 10.6 Å². The number of alkyl halides is 3. The van der Waals surface area contributed by atoms with E-state index in [2.05, 4.69) is 5.32 Å². The number of fused-ring (bicyclic) bond motifs is 1. The molecule has 2 amide bonds. The Morgan fingerprint density at radius 1 is 0.474 bits per heavy atom. The highest BCUT2D eigenvalue weighted by Crippen LogP contribution is 2.41. The minimum Gasteiger partial charge on any atom is -0.374 e. The van der Waals surface area contributed by atoms with Gasteiger partial charge in [-0.15, -0.1) is 0 Å². The van der Waals surface area contributed by atoms with Crippen LogP contribution in [0.2, 0.25) is 0 Å². The van der Waals surface area contributed by atoms with Crippen molar-refractivity contribution in [3.63, 3.8) is 0 Å². The fraction of sp³-hybridized carbons (Fsp3) is 0.405. The van der Waals surface area contributed by atoms with Gasteiger partial charge >= 0.3 is 12.1 Å². The van der Waals surface area contributed by atoms with Crippen LogP contribution in [0.1, 0.15) is 65.5 Å². The standard InChI is InChI=1S/C74H81F3N2O16/c1-49-61(84-42-52-27-12-4-13-28-52)65(86-44-54-31-16-6-17-32-54)68(71(90-49)83-40-24-39-78-73(81)74(75,76)77)95-72-67(88-46-56-35-20-8-21-36-56)66(87-45-55-33-18-7-19-34-55)63(58(92-72)47-82-41-51-25-10-3-11-26-51)94-70-60(79-50(2)80)64(85-43-53-29-14-5-15-30-53)62-59(91-70)48-89-69(93-62)57-37-22-9-23-38-57/h3-23,25-38,49,58-72H,24,39-48H2,1-2H3,(H,78,81)(H,79,80)/t49-,58+,59+,60-,61-,62+,63+,64+,65+,66-,67+,68+,69+,70-,71+,72+/m0/s1. The number of benzene rings is 7. The van der Waals surface area contributed by atoms with Gasteiger partial charge in [-0.05, 0) is 46.7 Å². The molecule has 0 spiro atoms. The van der Waals surface area contributed by atoms with Gasteiger partial charge in [0.05, 0.1) is 65.6 Å².